The van der Waals surface area contributed by atoms with E-state index in [1.807, 2.05) is 28.6 Å². The molecule has 2 aromatic heterocycles. The molecule has 0 aliphatic carbocycles. The van der Waals surface area contributed by atoms with Gasteiger partial charge in [-0.15, -0.1) is 22.7 Å². The molecule has 0 fully saturated rings. The quantitative estimate of drug-likeness (QED) is 0.254. The van der Waals surface area contributed by atoms with Gasteiger partial charge in [-0.1, -0.05) is 18.2 Å². The van der Waals surface area contributed by atoms with E-state index in [0.717, 1.165) is 44.7 Å². The molecule has 160 valence electrons. The first kappa shape index (κ1) is 20.3. The van der Waals surface area contributed by atoms with Crippen molar-refractivity contribution < 1.29 is 9.66 Å². The number of nitro benzene ring substituents is 1. The third-order valence-corrected chi connectivity index (χ3v) is 7.03. The van der Waals surface area contributed by atoms with E-state index >= 15 is 0 Å². The van der Waals surface area contributed by atoms with Crippen LogP contribution in [0.25, 0.3) is 11.3 Å². The molecule has 1 aliphatic rings. The van der Waals surface area contributed by atoms with Gasteiger partial charge < -0.3 is 4.74 Å². The molecule has 5 rings (SSSR count). The minimum Gasteiger partial charge on any atom is -0.497 e. The predicted octanol–water partition coefficient (Wildman–Crippen LogP) is 6.14. The molecule has 0 bridgehead atoms. The highest BCUT2D eigenvalue weighted by Crippen LogP contribution is 2.40. The molecule has 1 unspecified atom stereocenters. The average molecular weight is 463 g/mol. The molecule has 0 saturated heterocycles. The summed E-state index contributed by atoms with van der Waals surface area (Å²) >= 11 is 3.19. The Labute approximate surface area is 192 Å². The number of aromatic nitrogens is 1. The molecule has 9 heteroatoms. The van der Waals surface area contributed by atoms with Crippen molar-refractivity contribution in [2.45, 2.75) is 12.5 Å². The zero-order valence-corrected chi connectivity index (χ0v) is 18.7. The summed E-state index contributed by atoms with van der Waals surface area (Å²) in [7, 11) is 1.66. The topological polar surface area (TPSA) is 80.9 Å². The highest BCUT2D eigenvalue weighted by atomic mass is 32.1. The Morgan fingerprint density at radius 3 is 2.53 bits per heavy atom. The maximum absolute atomic E-state index is 10.9. The third-order valence-electron chi connectivity index (χ3n) is 5.28. The number of hydrogen-bond donors (Lipinski definition) is 0. The Balaban J connectivity index is 1.48. The molecule has 0 radical (unpaired) electrons. The van der Waals surface area contributed by atoms with Crippen LogP contribution in [0.5, 0.6) is 5.75 Å². The van der Waals surface area contributed by atoms with E-state index in [2.05, 4.69) is 23.6 Å². The third kappa shape index (κ3) is 3.88. The van der Waals surface area contributed by atoms with Gasteiger partial charge in [0, 0.05) is 29.5 Å². The number of non-ortho nitro benzene ring substituents is 1. The summed E-state index contributed by atoms with van der Waals surface area (Å²) < 4.78 is 5.31. The van der Waals surface area contributed by atoms with E-state index in [4.69, 9.17) is 14.8 Å². The van der Waals surface area contributed by atoms with Crippen molar-refractivity contribution in [1.82, 2.24) is 4.98 Å². The van der Waals surface area contributed by atoms with Crippen LogP contribution in [-0.2, 0) is 0 Å². The smallest absolute Gasteiger partial charge is 0.269 e. The lowest BCUT2D eigenvalue weighted by atomic mass is 10.0. The van der Waals surface area contributed by atoms with Gasteiger partial charge in [0.1, 0.15) is 5.75 Å². The molecule has 0 saturated carbocycles. The van der Waals surface area contributed by atoms with Crippen molar-refractivity contribution in [1.29, 1.82) is 0 Å². The molecule has 32 heavy (non-hydrogen) atoms. The van der Waals surface area contributed by atoms with Gasteiger partial charge in [0.05, 0.1) is 34.4 Å². The molecule has 0 amide bonds. The minimum atomic E-state index is -0.402. The Bertz CT molecular complexity index is 1270. The largest absolute Gasteiger partial charge is 0.497 e. The van der Waals surface area contributed by atoms with E-state index in [0.29, 0.717) is 0 Å². The van der Waals surface area contributed by atoms with Crippen molar-refractivity contribution in [2.75, 3.05) is 12.1 Å². The molecule has 3 heterocycles. The number of benzene rings is 2. The first-order valence-electron chi connectivity index (χ1n) is 9.87. The van der Waals surface area contributed by atoms with Crippen LogP contribution in [0.15, 0.2) is 76.5 Å². The van der Waals surface area contributed by atoms with Crippen LogP contribution in [0, 0.1) is 10.1 Å². The van der Waals surface area contributed by atoms with E-state index in [-0.39, 0.29) is 11.7 Å². The number of thiazole rings is 1. The fourth-order valence-electron chi connectivity index (χ4n) is 3.62. The number of thiophene rings is 1. The second-order valence-electron chi connectivity index (χ2n) is 7.18. The minimum absolute atomic E-state index is 0.0221. The average Bonchev–Trinajstić information content (AvgIpc) is 3.59. The number of hydrogen-bond acceptors (Lipinski definition) is 8. The zero-order valence-electron chi connectivity index (χ0n) is 17.0. The monoisotopic (exact) mass is 462 g/mol. The van der Waals surface area contributed by atoms with Gasteiger partial charge in [-0.25, -0.2) is 9.99 Å². The SMILES string of the molecule is COc1ccc(C2CC(c3cccs3)=NN2c2nc(-c3ccc([N+](=O)[O-])cc3)cs2)cc1. The summed E-state index contributed by atoms with van der Waals surface area (Å²) in [6.07, 6.45) is 0.777. The number of nitro groups is 1. The normalized spacial score (nSPS) is 15.6. The van der Waals surface area contributed by atoms with Crippen LogP contribution in [0.3, 0.4) is 0 Å². The summed E-state index contributed by atoms with van der Waals surface area (Å²) in [6.45, 7) is 0. The van der Waals surface area contributed by atoms with Gasteiger partial charge in [-0.3, -0.25) is 10.1 Å². The van der Waals surface area contributed by atoms with Crippen molar-refractivity contribution in [2.24, 2.45) is 5.10 Å². The number of methoxy groups -OCH3 is 1. The number of hydrazone groups is 1. The Morgan fingerprint density at radius 1 is 1.09 bits per heavy atom. The highest BCUT2D eigenvalue weighted by Gasteiger charge is 2.32. The maximum Gasteiger partial charge on any atom is 0.269 e. The highest BCUT2D eigenvalue weighted by molar-refractivity contribution is 7.14. The van der Waals surface area contributed by atoms with Crippen LogP contribution in [0.2, 0.25) is 0 Å². The van der Waals surface area contributed by atoms with Crippen molar-refractivity contribution in [3.63, 3.8) is 0 Å². The van der Waals surface area contributed by atoms with Crippen molar-refractivity contribution in [3.8, 4) is 17.0 Å². The van der Waals surface area contributed by atoms with E-state index in [1.165, 1.54) is 23.5 Å². The van der Waals surface area contributed by atoms with Crippen LogP contribution in [-0.4, -0.2) is 22.7 Å². The molecular formula is C23H18N4O3S2. The molecule has 0 N–H and O–H groups in total. The first-order valence-corrected chi connectivity index (χ1v) is 11.6. The predicted molar refractivity (Wildman–Crippen MR) is 128 cm³/mol. The Kier molecular flexibility index (Phi) is 5.42. The number of ether oxygens (including phenoxy) is 1. The van der Waals surface area contributed by atoms with Gasteiger partial charge in [-0.05, 0) is 41.3 Å². The Hall–Kier alpha value is -3.56. The molecular weight excluding hydrogens is 444 g/mol. The van der Waals surface area contributed by atoms with Gasteiger partial charge in [0.2, 0.25) is 5.13 Å². The number of nitrogens with zero attached hydrogens (tertiary/aromatic N) is 4. The second-order valence-corrected chi connectivity index (χ2v) is 8.97. The van der Waals surface area contributed by atoms with E-state index in [1.54, 1.807) is 30.6 Å². The number of anilines is 1. The second kappa shape index (κ2) is 8.52. The molecule has 1 atom stereocenters. The molecule has 2 aromatic carbocycles. The standard InChI is InChI=1S/C23H18N4O3S2/c1-30-18-10-6-16(7-11-18)21-13-19(22-3-2-12-31-22)25-26(21)23-24-20(14-32-23)15-4-8-17(9-5-15)27(28)29/h2-12,14,21H,13H2,1H3. The van der Waals surface area contributed by atoms with Crippen LogP contribution >= 0.6 is 22.7 Å². The lowest BCUT2D eigenvalue weighted by Crippen LogP contribution is -2.18. The molecule has 0 spiro atoms. The van der Waals surface area contributed by atoms with E-state index in [9.17, 15) is 10.1 Å². The Morgan fingerprint density at radius 2 is 1.88 bits per heavy atom. The summed E-state index contributed by atoms with van der Waals surface area (Å²) in [4.78, 5) is 16.5. The molecule has 7 nitrogen and oxygen atoms in total. The van der Waals surface area contributed by atoms with E-state index < -0.39 is 4.92 Å². The molecule has 4 aromatic rings. The zero-order chi connectivity index (χ0) is 22.1. The van der Waals surface area contributed by atoms with Gasteiger partial charge in [0.15, 0.2) is 0 Å². The lowest BCUT2D eigenvalue weighted by Gasteiger charge is -2.21. The summed E-state index contributed by atoms with van der Waals surface area (Å²) in [6, 6.07) is 18.6. The molecule has 1 aliphatic heterocycles. The van der Waals surface area contributed by atoms with Gasteiger partial charge >= 0.3 is 0 Å². The first-order chi connectivity index (χ1) is 15.6. The van der Waals surface area contributed by atoms with Gasteiger partial charge in [-0.2, -0.15) is 5.10 Å². The summed E-state index contributed by atoms with van der Waals surface area (Å²) in [5.41, 5.74) is 3.84. The fraction of sp³-hybridized carbons (Fsp3) is 0.130. The lowest BCUT2D eigenvalue weighted by molar-refractivity contribution is -0.384. The van der Waals surface area contributed by atoms with Crippen LogP contribution in [0.4, 0.5) is 10.8 Å². The van der Waals surface area contributed by atoms with Crippen LogP contribution < -0.4 is 9.75 Å². The van der Waals surface area contributed by atoms with Crippen LogP contribution in [0.1, 0.15) is 22.9 Å². The summed E-state index contributed by atoms with van der Waals surface area (Å²) in [5, 5.41) is 22.6. The maximum atomic E-state index is 10.9. The number of rotatable bonds is 6. The summed E-state index contributed by atoms with van der Waals surface area (Å²) in [5.74, 6) is 0.812. The van der Waals surface area contributed by atoms with Crippen molar-refractivity contribution >= 4 is 39.2 Å². The fourth-order valence-corrected chi connectivity index (χ4v) is 5.17. The van der Waals surface area contributed by atoms with Crippen molar-refractivity contribution in [3.05, 3.63) is 92.0 Å². The van der Waals surface area contributed by atoms with Gasteiger partial charge in [0.25, 0.3) is 5.69 Å².